The van der Waals surface area contributed by atoms with E-state index in [0.717, 1.165) is 83.7 Å². The molecule has 0 radical (unpaired) electrons. The van der Waals surface area contributed by atoms with E-state index >= 15 is 0 Å². The largest absolute Gasteiger partial charge is 0.341 e. The third-order valence-electron chi connectivity index (χ3n) is 6.18. The normalized spacial score (nSPS) is 25.4. The standard InChI is InChI=1S/C21H30N4O2/c26-20-9-5-10-24(20)17-14-22-12-15-23(16-13-22)19-8-4-11-25(21(19)27)18-6-2-1-3-7-18/h1-3,6-7,19H,4-5,8-17H2/t19-/m0/s1. The first-order chi connectivity index (χ1) is 13.2. The molecule has 1 atom stereocenters. The minimum atomic E-state index is 0.0151. The van der Waals surface area contributed by atoms with Gasteiger partial charge in [0.1, 0.15) is 0 Å². The summed E-state index contributed by atoms with van der Waals surface area (Å²) in [6, 6.07) is 10.0. The van der Waals surface area contributed by atoms with Crippen molar-refractivity contribution in [2.45, 2.75) is 31.7 Å². The first kappa shape index (κ1) is 18.4. The lowest BCUT2D eigenvalue weighted by atomic mass is 10.0. The Balaban J connectivity index is 1.28. The Morgan fingerprint density at radius 1 is 0.852 bits per heavy atom. The van der Waals surface area contributed by atoms with Crippen LogP contribution in [0.2, 0.25) is 0 Å². The van der Waals surface area contributed by atoms with Gasteiger partial charge in [0.05, 0.1) is 6.04 Å². The average Bonchev–Trinajstić information content (AvgIpc) is 3.12. The van der Waals surface area contributed by atoms with E-state index in [1.54, 1.807) is 0 Å². The van der Waals surface area contributed by atoms with Gasteiger partial charge in [-0.1, -0.05) is 18.2 Å². The number of para-hydroxylation sites is 1. The molecule has 6 heteroatoms. The van der Waals surface area contributed by atoms with E-state index in [4.69, 9.17) is 0 Å². The van der Waals surface area contributed by atoms with Gasteiger partial charge in [-0.25, -0.2) is 0 Å². The van der Waals surface area contributed by atoms with Gasteiger partial charge in [0.25, 0.3) is 0 Å². The van der Waals surface area contributed by atoms with Crippen LogP contribution in [0.1, 0.15) is 25.7 Å². The summed E-state index contributed by atoms with van der Waals surface area (Å²) < 4.78 is 0. The molecule has 3 heterocycles. The van der Waals surface area contributed by atoms with Crippen molar-refractivity contribution in [2.24, 2.45) is 0 Å². The quantitative estimate of drug-likeness (QED) is 0.787. The second-order valence-corrected chi connectivity index (χ2v) is 7.85. The summed E-state index contributed by atoms with van der Waals surface area (Å²) in [6.07, 6.45) is 3.75. The Morgan fingerprint density at radius 2 is 1.63 bits per heavy atom. The number of carbonyl (C=O) groups excluding carboxylic acids is 2. The number of hydrogen-bond acceptors (Lipinski definition) is 4. The van der Waals surface area contributed by atoms with Crippen LogP contribution < -0.4 is 4.90 Å². The molecule has 1 aromatic rings. The number of nitrogens with zero attached hydrogens (tertiary/aromatic N) is 4. The first-order valence-electron chi connectivity index (χ1n) is 10.3. The van der Waals surface area contributed by atoms with E-state index < -0.39 is 0 Å². The van der Waals surface area contributed by atoms with Crippen molar-refractivity contribution in [2.75, 3.05) is 57.3 Å². The van der Waals surface area contributed by atoms with Crippen molar-refractivity contribution in [1.29, 1.82) is 0 Å². The smallest absolute Gasteiger partial charge is 0.244 e. The molecule has 0 aliphatic carbocycles. The number of benzene rings is 1. The highest BCUT2D eigenvalue weighted by atomic mass is 16.2. The van der Waals surface area contributed by atoms with Crippen LogP contribution in [0.3, 0.4) is 0 Å². The molecule has 3 aliphatic rings. The zero-order chi connectivity index (χ0) is 18.6. The maximum absolute atomic E-state index is 13.1. The molecule has 2 amide bonds. The molecule has 1 aromatic carbocycles. The van der Waals surface area contributed by atoms with Crippen molar-refractivity contribution >= 4 is 17.5 Å². The molecular weight excluding hydrogens is 340 g/mol. The zero-order valence-electron chi connectivity index (χ0n) is 16.1. The summed E-state index contributed by atoms with van der Waals surface area (Å²) in [7, 11) is 0. The summed E-state index contributed by atoms with van der Waals surface area (Å²) in [5.74, 6) is 0.561. The van der Waals surface area contributed by atoms with Gasteiger partial charge in [-0.3, -0.25) is 19.4 Å². The van der Waals surface area contributed by atoms with Crippen LogP contribution in [0.15, 0.2) is 30.3 Å². The molecular formula is C21H30N4O2. The van der Waals surface area contributed by atoms with Gasteiger partial charge in [0.2, 0.25) is 11.8 Å². The molecule has 3 fully saturated rings. The zero-order valence-corrected chi connectivity index (χ0v) is 16.1. The number of rotatable bonds is 5. The molecule has 0 spiro atoms. The molecule has 3 saturated heterocycles. The SMILES string of the molecule is O=C1CCCN1CCN1CCN([C@H]2CCCN(c3ccccc3)C2=O)CC1. The van der Waals surface area contributed by atoms with Crippen molar-refractivity contribution in [3.05, 3.63) is 30.3 Å². The van der Waals surface area contributed by atoms with E-state index in [9.17, 15) is 9.59 Å². The van der Waals surface area contributed by atoms with E-state index in [-0.39, 0.29) is 11.9 Å². The first-order valence-corrected chi connectivity index (χ1v) is 10.3. The lowest BCUT2D eigenvalue weighted by Crippen LogP contribution is -2.58. The van der Waals surface area contributed by atoms with Crippen LogP contribution in [0, 0.1) is 0 Å². The summed E-state index contributed by atoms with van der Waals surface area (Å²) >= 11 is 0. The molecule has 0 aromatic heterocycles. The molecule has 6 nitrogen and oxygen atoms in total. The highest BCUT2D eigenvalue weighted by Gasteiger charge is 2.35. The number of amides is 2. The molecule has 0 saturated carbocycles. The Hall–Kier alpha value is -1.92. The molecule has 4 rings (SSSR count). The summed E-state index contributed by atoms with van der Waals surface area (Å²) in [4.78, 5) is 33.6. The third-order valence-corrected chi connectivity index (χ3v) is 6.18. The van der Waals surface area contributed by atoms with Crippen LogP contribution in [0.5, 0.6) is 0 Å². The monoisotopic (exact) mass is 370 g/mol. The molecule has 146 valence electrons. The minimum Gasteiger partial charge on any atom is -0.341 e. The third kappa shape index (κ3) is 4.17. The fraction of sp³-hybridized carbons (Fsp3) is 0.619. The second kappa shape index (κ2) is 8.40. The highest BCUT2D eigenvalue weighted by molar-refractivity contribution is 5.97. The van der Waals surface area contributed by atoms with Gasteiger partial charge in [0, 0.05) is 64.5 Å². The Labute approximate surface area is 161 Å². The number of carbonyl (C=O) groups is 2. The fourth-order valence-electron chi connectivity index (χ4n) is 4.56. The number of anilines is 1. The topological polar surface area (TPSA) is 47.1 Å². The van der Waals surface area contributed by atoms with Gasteiger partial charge in [-0.15, -0.1) is 0 Å². The van der Waals surface area contributed by atoms with Gasteiger partial charge < -0.3 is 9.80 Å². The Kier molecular flexibility index (Phi) is 5.74. The van der Waals surface area contributed by atoms with Crippen LogP contribution in [-0.4, -0.2) is 84.9 Å². The predicted molar refractivity (Wildman–Crippen MR) is 106 cm³/mol. The number of piperazine rings is 1. The van der Waals surface area contributed by atoms with Crippen molar-refractivity contribution in [1.82, 2.24) is 14.7 Å². The van der Waals surface area contributed by atoms with Crippen LogP contribution >= 0.6 is 0 Å². The molecule has 27 heavy (non-hydrogen) atoms. The van der Waals surface area contributed by atoms with Gasteiger partial charge in [-0.2, -0.15) is 0 Å². The van der Waals surface area contributed by atoms with Crippen LogP contribution in [-0.2, 0) is 9.59 Å². The van der Waals surface area contributed by atoms with Crippen LogP contribution in [0.4, 0.5) is 5.69 Å². The summed E-state index contributed by atoms with van der Waals surface area (Å²) in [5.41, 5.74) is 1.01. The summed E-state index contributed by atoms with van der Waals surface area (Å²) in [6.45, 7) is 7.39. The maximum atomic E-state index is 13.1. The average molecular weight is 370 g/mol. The Bertz CT molecular complexity index is 657. The second-order valence-electron chi connectivity index (χ2n) is 7.85. The van der Waals surface area contributed by atoms with Crippen LogP contribution in [0.25, 0.3) is 0 Å². The van der Waals surface area contributed by atoms with Gasteiger partial charge in [0.15, 0.2) is 0 Å². The number of likely N-dealkylation sites (tertiary alicyclic amines) is 1. The molecule has 0 bridgehead atoms. The van der Waals surface area contributed by atoms with E-state index in [2.05, 4.69) is 9.80 Å². The van der Waals surface area contributed by atoms with E-state index in [0.29, 0.717) is 5.91 Å². The lowest BCUT2D eigenvalue weighted by Gasteiger charge is -2.42. The molecule has 3 aliphatic heterocycles. The lowest BCUT2D eigenvalue weighted by molar-refractivity contribution is -0.128. The highest BCUT2D eigenvalue weighted by Crippen LogP contribution is 2.24. The van der Waals surface area contributed by atoms with Crippen molar-refractivity contribution in [3.8, 4) is 0 Å². The van der Waals surface area contributed by atoms with E-state index in [1.165, 1.54) is 0 Å². The number of piperidine rings is 1. The Morgan fingerprint density at radius 3 is 2.33 bits per heavy atom. The number of hydrogen-bond donors (Lipinski definition) is 0. The summed E-state index contributed by atoms with van der Waals surface area (Å²) in [5, 5.41) is 0. The van der Waals surface area contributed by atoms with Crippen molar-refractivity contribution < 1.29 is 9.59 Å². The minimum absolute atomic E-state index is 0.0151. The maximum Gasteiger partial charge on any atom is 0.244 e. The fourth-order valence-corrected chi connectivity index (χ4v) is 4.56. The van der Waals surface area contributed by atoms with Gasteiger partial charge in [-0.05, 0) is 31.4 Å². The van der Waals surface area contributed by atoms with Gasteiger partial charge >= 0.3 is 0 Å². The molecule has 0 N–H and O–H groups in total. The van der Waals surface area contributed by atoms with E-state index in [1.807, 2.05) is 40.1 Å². The molecule has 0 unspecified atom stereocenters. The predicted octanol–water partition coefficient (Wildman–Crippen LogP) is 1.42. The van der Waals surface area contributed by atoms with Crippen molar-refractivity contribution in [3.63, 3.8) is 0 Å².